The maximum absolute atomic E-state index is 11.7. The molecule has 0 saturated heterocycles. The van der Waals surface area contributed by atoms with E-state index in [-0.39, 0.29) is 5.91 Å². The standard InChI is InChI=1S/C7H14F2N2O/c1-5(7(12)11(2)3)10-4-6(8)9/h5-6,10H,4H2,1-3H3. The molecule has 1 unspecified atom stereocenters. The summed E-state index contributed by atoms with van der Waals surface area (Å²) in [6.45, 7) is 1.12. The van der Waals surface area contributed by atoms with Crippen molar-refractivity contribution in [2.24, 2.45) is 0 Å². The molecule has 0 aromatic carbocycles. The Morgan fingerprint density at radius 3 is 2.33 bits per heavy atom. The van der Waals surface area contributed by atoms with E-state index < -0.39 is 19.0 Å². The summed E-state index contributed by atoms with van der Waals surface area (Å²) in [4.78, 5) is 12.4. The number of likely N-dealkylation sites (N-methyl/N-ethyl adjacent to an activating group) is 1. The zero-order valence-corrected chi connectivity index (χ0v) is 7.47. The lowest BCUT2D eigenvalue weighted by molar-refractivity contribution is -0.130. The molecule has 0 radical (unpaired) electrons. The number of nitrogens with zero attached hydrogens (tertiary/aromatic N) is 1. The average molecular weight is 180 g/mol. The van der Waals surface area contributed by atoms with Crippen LogP contribution in [0.4, 0.5) is 8.78 Å². The van der Waals surface area contributed by atoms with E-state index in [0.29, 0.717) is 0 Å². The van der Waals surface area contributed by atoms with Crippen molar-refractivity contribution in [2.45, 2.75) is 19.4 Å². The van der Waals surface area contributed by atoms with Crippen molar-refractivity contribution in [2.75, 3.05) is 20.6 Å². The number of nitrogens with one attached hydrogen (secondary N) is 1. The van der Waals surface area contributed by atoms with Gasteiger partial charge in [0.2, 0.25) is 5.91 Å². The number of halogens is 2. The van der Waals surface area contributed by atoms with Crippen LogP contribution in [-0.4, -0.2) is 43.9 Å². The summed E-state index contributed by atoms with van der Waals surface area (Å²) in [6.07, 6.45) is -2.41. The monoisotopic (exact) mass is 180 g/mol. The summed E-state index contributed by atoms with van der Waals surface area (Å²) in [5.41, 5.74) is 0. The van der Waals surface area contributed by atoms with E-state index in [9.17, 15) is 13.6 Å². The first-order chi connectivity index (χ1) is 5.45. The van der Waals surface area contributed by atoms with Crippen LogP contribution in [0.1, 0.15) is 6.92 Å². The van der Waals surface area contributed by atoms with Gasteiger partial charge in [-0.3, -0.25) is 4.79 Å². The first-order valence-electron chi connectivity index (χ1n) is 3.68. The molecule has 0 bridgehead atoms. The van der Waals surface area contributed by atoms with Crippen LogP contribution in [0, 0.1) is 0 Å². The van der Waals surface area contributed by atoms with Crippen LogP contribution in [0.5, 0.6) is 0 Å². The van der Waals surface area contributed by atoms with E-state index in [1.165, 1.54) is 4.90 Å². The van der Waals surface area contributed by atoms with Crippen molar-refractivity contribution in [1.29, 1.82) is 0 Å². The summed E-state index contributed by atoms with van der Waals surface area (Å²) < 4.78 is 23.3. The van der Waals surface area contributed by atoms with Crippen molar-refractivity contribution in [3.05, 3.63) is 0 Å². The van der Waals surface area contributed by atoms with Gasteiger partial charge in [-0.1, -0.05) is 0 Å². The van der Waals surface area contributed by atoms with E-state index >= 15 is 0 Å². The molecule has 12 heavy (non-hydrogen) atoms. The lowest BCUT2D eigenvalue weighted by Crippen LogP contribution is -2.43. The van der Waals surface area contributed by atoms with E-state index in [4.69, 9.17) is 0 Å². The molecule has 0 rings (SSSR count). The van der Waals surface area contributed by atoms with Gasteiger partial charge in [0.1, 0.15) is 0 Å². The molecule has 0 aromatic heterocycles. The summed E-state index contributed by atoms with van der Waals surface area (Å²) in [7, 11) is 3.17. The molecular formula is C7H14F2N2O. The van der Waals surface area contributed by atoms with Crippen LogP contribution in [0.25, 0.3) is 0 Å². The Morgan fingerprint density at radius 2 is 2.00 bits per heavy atom. The summed E-state index contributed by atoms with van der Waals surface area (Å²) in [6, 6.07) is -0.547. The molecule has 0 aliphatic rings. The number of hydrogen-bond acceptors (Lipinski definition) is 2. The predicted octanol–water partition coefficient (Wildman–Crippen LogP) is 0.318. The van der Waals surface area contributed by atoms with E-state index in [0.717, 1.165) is 0 Å². The van der Waals surface area contributed by atoms with Gasteiger partial charge in [-0.2, -0.15) is 0 Å². The van der Waals surface area contributed by atoms with Crippen molar-refractivity contribution in [3.8, 4) is 0 Å². The molecule has 72 valence electrons. The molecule has 5 heteroatoms. The van der Waals surface area contributed by atoms with Crippen LogP contribution in [0.3, 0.4) is 0 Å². The molecule has 1 N–H and O–H groups in total. The quantitative estimate of drug-likeness (QED) is 0.675. The SMILES string of the molecule is CC(NCC(F)F)C(=O)N(C)C. The minimum absolute atomic E-state index is 0.198. The molecule has 0 aliphatic heterocycles. The Morgan fingerprint density at radius 1 is 1.50 bits per heavy atom. The summed E-state index contributed by atoms with van der Waals surface area (Å²) >= 11 is 0. The fourth-order valence-electron chi connectivity index (χ4n) is 0.740. The molecule has 0 saturated carbocycles. The van der Waals surface area contributed by atoms with Gasteiger partial charge in [0.15, 0.2) is 0 Å². The van der Waals surface area contributed by atoms with Gasteiger partial charge in [0.25, 0.3) is 6.43 Å². The Kier molecular flexibility index (Phi) is 4.73. The first-order valence-corrected chi connectivity index (χ1v) is 3.68. The Bertz CT molecular complexity index is 150. The Balaban J connectivity index is 3.72. The Hall–Kier alpha value is -0.710. The third-order valence-corrected chi connectivity index (χ3v) is 1.39. The fraction of sp³-hybridized carbons (Fsp3) is 0.857. The van der Waals surface area contributed by atoms with Gasteiger partial charge >= 0.3 is 0 Å². The van der Waals surface area contributed by atoms with Gasteiger partial charge in [-0.25, -0.2) is 8.78 Å². The van der Waals surface area contributed by atoms with Crippen molar-refractivity contribution < 1.29 is 13.6 Å². The number of alkyl halides is 2. The summed E-state index contributed by atoms with van der Waals surface area (Å²) in [5.74, 6) is -0.198. The molecule has 0 fully saturated rings. The molecule has 0 spiro atoms. The van der Waals surface area contributed by atoms with Crippen LogP contribution >= 0.6 is 0 Å². The van der Waals surface area contributed by atoms with Gasteiger partial charge in [0.05, 0.1) is 12.6 Å². The van der Waals surface area contributed by atoms with E-state index in [1.54, 1.807) is 21.0 Å². The van der Waals surface area contributed by atoms with Crippen molar-refractivity contribution in [3.63, 3.8) is 0 Å². The predicted molar refractivity (Wildman–Crippen MR) is 42.2 cm³/mol. The smallest absolute Gasteiger partial charge is 0.250 e. The van der Waals surface area contributed by atoms with E-state index in [2.05, 4.69) is 5.32 Å². The zero-order valence-electron chi connectivity index (χ0n) is 7.47. The van der Waals surface area contributed by atoms with Crippen LogP contribution in [0.15, 0.2) is 0 Å². The molecular weight excluding hydrogens is 166 g/mol. The number of amides is 1. The molecule has 0 aliphatic carbocycles. The number of carbonyl (C=O) groups is 1. The fourth-order valence-corrected chi connectivity index (χ4v) is 0.740. The Labute approximate surface area is 70.7 Å². The molecule has 0 heterocycles. The number of hydrogen-bond donors (Lipinski definition) is 1. The van der Waals surface area contributed by atoms with Gasteiger partial charge in [0, 0.05) is 14.1 Å². The minimum atomic E-state index is -2.41. The normalized spacial score (nSPS) is 13.2. The third-order valence-electron chi connectivity index (χ3n) is 1.39. The third kappa shape index (κ3) is 4.23. The van der Waals surface area contributed by atoms with Crippen LogP contribution in [0.2, 0.25) is 0 Å². The number of carbonyl (C=O) groups excluding carboxylic acids is 1. The maximum Gasteiger partial charge on any atom is 0.250 e. The second-order valence-electron chi connectivity index (χ2n) is 2.75. The molecule has 1 amide bonds. The van der Waals surface area contributed by atoms with Crippen molar-refractivity contribution in [1.82, 2.24) is 10.2 Å². The number of rotatable bonds is 4. The van der Waals surface area contributed by atoms with E-state index in [1.807, 2.05) is 0 Å². The molecule has 0 aromatic rings. The highest BCUT2D eigenvalue weighted by Crippen LogP contribution is 1.92. The highest BCUT2D eigenvalue weighted by Gasteiger charge is 2.15. The molecule has 3 nitrogen and oxygen atoms in total. The topological polar surface area (TPSA) is 32.3 Å². The second-order valence-corrected chi connectivity index (χ2v) is 2.75. The van der Waals surface area contributed by atoms with Gasteiger partial charge in [-0.15, -0.1) is 0 Å². The summed E-state index contributed by atoms with van der Waals surface area (Å²) in [5, 5.41) is 2.42. The second kappa shape index (κ2) is 5.03. The minimum Gasteiger partial charge on any atom is -0.347 e. The lowest BCUT2D eigenvalue weighted by Gasteiger charge is -2.17. The highest BCUT2D eigenvalue weighted by molar-refractivity contribution is 5.80. The maximum atomic E-state index is 11.7. The lowest BCUT2D eigenvalue weighted by atomic mass is 10.3. The van der Waals surface area contributed by atoms with Crippen molar-refractivity contribution >= 4 is 5.91 Å². The first kappa shape index (κ1) is 11.3. The van der Waals surface area contributed by atoms with Crippen LogP contribution in [-0.2, 0) is 4.79 Å². The van der Waals surface area contributed by atoms with Gasteiger partial charge in [-0.05, 0) is 6.92 Å². The van der Waals surface area contributed by atoms with Crippen LogP contribution < -0.4 is 5.32 Å². The average Bonchev–Trinajstić information content (AvgIpc) is 1.98. The molecule has 1 atom stereocenters. The zero-order chi connectivity index (χ0) is 9.72. The van der Waals surface area contributed by atoms with Gasteiger partial charge < -0.3 is 10.2 Å². The largest absolute Gasteiger partial charge is 0.347 e. The highest BCUT2D eigenvalue weighted by atomic mass is 19.3.